The minimum absolute atomic E-state index is 0.0301. The van der Waals surface area contributed by atoms with Crippen LogP contribution in [-0.4, -0.2) is 4.57 Å². The Morgan fingerprint density at radius 2 is 1.54 bits per heavy atom. The van der Waals surface area contributed by atoms with Gasteiger partial charge in [-0.15, -0.1) is 0 Å². The van der Waals surface area contributed by atoms with E-state index in [1.54, 1.807) is 0 Å². The Kier molecular flexibility index (Phi) is 2.76. The van der Waals surface area contributed by atoms with Crippen LogP contribution in [0.4, 0.5) is 0 Å². The van der Waals surface area contributed by atoms with Gasteiger partial charge in [-0.05, 0) is 29.3 Å². The second-order valence-electron chi connectivity index (χ2n) is 7.14. The molecule has 1 nitrogen and oxygen atoms in total. The van der Waals surface area contributed by atoms with E-state index < -0.39 is 0 Å². The first-order valence-corrected chi connectivity index (χ1v) is 9.18. The molecule has 0 radical (unpaired) electrons. The molecule has 0 fully saturated rings. The van der Waals surface area contributed by atoms with Gasteiger partial charge in [0.2, 0.25) is 0 Å². The number of fused-ring (bicyclic) bond motifs is 6. The van der Waals surface area contributed by atoms with Crippen LogP contribution in [0.2, 0.25) is 0 Å². The van der Waals surface area contributed by atoms with Crippen LogP contribution in [0, 0.1) is 0 Å². The molecule has 1 aromatic heterocycles. The lowest BCUT2D eigenvalue weighted by Crippen LogP contribution is -2.23. The Labute approximate surface area is 146 Å². The fourth-order valence-electron chi connectivity index (χ4n) is 4.14. The zero-order valence-corrected chi connectivity index (χ0v) is 14.9. The highest BCUT2D eigenvalue weighted by Gasteiger charge is 2.34. The fraction of sp³-hybridized carbons (Fsp3) is 0.182. The molecule has 0 amide bonds. The highest BCUT2D eigenvalue weighted by Crippen LogP contribution is 2.52. The minimum atomic E-state index is 0.0301. The van der Waals surface area contributed by atoms with Gasteiger partial charge in [-0.3, -0.25) is 0 Å². The maximum Gasteiger partial charge on any atom is 0.0500 e. The molecule has 1 aliphatic rings. The lowest BCUT2D eigenvalue weighted by molar-refractivity contribution is 0.609. The summed E-state index contributed by atoms with van der Waals surface area (Å²) in [4.78, 5) is 2.81. The van der Waals surface area contributed by atoms with Crippen LogP contribution in [0.5, 0.6) is 0 Å². The summed E-state index contributed by atoms with van der Waals surface area (Å²) in [5.74, 6) is 0. The number of hydrogen-bond donors (Lipinski definition) is 0. The minimum Gasteiger partial charge on any atom is -0.344 e. The number of nitrogens with zero attached hydrogens (tertiary/aromatic N) is 1. The standard InChI is InChI=1S/C22H19NS/c1-22(2)15-9-5-7-11-19(15)24-21-16(22)12-13-18-20(21)14-8-4-6-10-17(14)23(18)3/h4-13H,1-3H3. The summed E-state index contributed by atoms with van der Waals surface area (Å²) in [5, 5.41) is 2.76. The van der Waals surface area contributed by atoms with Crippen LogP contribution in [0.15, 0.2) is 70.5 Å². The van der Waals surface area contributed by atoms with Gasteiger partial charge in [0.05, 0.1) is 0 Å². The summed E-state index contributed by atoms with van der Waals surface area (Å²) in [7, 11) is 2.17. The van der Waals surface area contributed by atoms with Crippen molar-refractivity contribution >= 4 is 33.6 Å². The topological polar surface area (TPSA) is 4.93 Å². The molecule has 0 saturated heterocycles. The number of aromatic nitrogens is 1. The molecule has 0 N–H and O–H groups in total. The summed E-state index contributed by atoms with van der Waals surface area (Å²) in [6.07, 6.45) is 0. The zero-order valence-electron chi connectivity index (χ0n) is 14.1. The third kappa shape index (κ3) is 1.67. The first-order valence-electron chi connectivity index (χ1n) is 8.37. The molecule has 0 bridgehead atoms. The smallest absolute Gasteiger partial charge is 0.0500 e. The van der Waals surface area contributed by atoms with Gasteiger partial charge in [-0.25, -0.2) is 0 Å². The summed E-state index contributed by atoms with van der Waals surface area (Å²) in [6, 6.07) is 22.2. The van der Waals surface area contributed by atoms with Crippen molar-refractivity contribution in [2.45, 2.75) is 29.1 Å². The third-order valence-electron chi connectivity index (χ3n) is 5.48. The van der Waals surface area contributed by atoms with E-state index in [-0.39, 0.29) is 5.41 Å². The number of rotatable bonds is 0. The number of benzene rings is 3. The van der Waals surface area contributed by atoms with Crippen LogP contribution >= 0.6 is 11.8 Å². The van der Waals surface area contributed by atoms with Gasteiger partial charge in [0.25, 0.3) is 0 Å². The van der Waals surface area contributed by atoms with Crippen LogP contribution in [-0.2, 0) is 12.5 Å². The lowest BCUT2D eigenvalue weighted by Gasteiger charge is -2.35. The fourth-order valence-corrected chi connectivity index (χ4v) is 5.69. The molecule has 4 aromatic rings. The molecule has 2 heteroatoms. The largest absolute Gasteiger partial charge is 0.344 e. The van der Waals surface area contributed by atoms with Crippen LogP contribution < -0.4 is 0 Å². The van der Waals surface area contributed by atoms with E-state index in [2.05, 4.69) is 86.1 Å². The van der Waals surface area contributed by atoms with Gasteiger partial charge >= 0.3 is 0 Å². The molecule has 0 aliphatic carbocycles. The number of aryl methyl sites for hydroxylation is 1. The van der Waals surface area contributed by atoms with Gasteiger partial charge in [-0.1, -0.05) is 68.1 Å². The molecule has 0 atom stereocenters. The lowest BCUT2D eigenvalue weighted by atomic mass is 9.77. The van der Waals surface area contributed by atoms with E-state index in [0.29, 0.717) is 0 Å². The molecule has 1 aliphatic heterocycles. The Bertz CT molecular complexity index is 1120. The molecular formula is C22H19NS. The molecule has 0 saturated carbocycles. The Morgan fingerprint density at radius 3 is 2.42 bits per heavy atom. The van der Waals surface area contributed by atoms with E-state index in [1.165, 1.54) is 42.7 Å². The van der Waals surface area contributed by atoms with Gasteiger partial charge in [0, 0.05) is 44.1 Å². The maximum absolute atomic E-state index is 2.35. The van der Waals surface area contributed by atoms with Gasteiger partial charge in [-0.2, -0.15) is 0 Å². The monoisotopic (exact) mass is 329 g/mol. The summed E-state index contributed by atoms with van der Waals surface area (Å²) in [6.45, 7) is 4.70. The predicted molar refractivity (Wildman–Crippen MR) is 103 cm³/mol. The second-order valence-corrected chi connectivity index (χ2v) is 8.19. The van der Waals surface area contributed by atoms with Crippen molar-refractivity contribution in [2.24, 2.45) is 7.05 Å². The molecule has 0 spiro atoms. The van der Waals surface area contributed by atoms with E-state index in [0.717, 1.165) is 0 Å². The van der Waals surface area contributed by atoms with Crippen molar-refractivity contribution < 1.29 is 0 Å². The van der Waals surface area contributed by atoms with Crippen LogP contribution in [0.25, 0.3) is 21.8 Å². The van der Waals surface area contributed by atoms with Crippen molar-refractivity contribution in [3.63, 3.8) is 0 Å². The van der Waals surface area contributed by atoms with Gasteiger partial charge in [0.1, 0.15) is 0 Å². The maximum atomic E-state index is 2.35. The van der Waals surface area contributed by atoms with Crippen LogP contribution in [0.1, 0.15) is 25.0 Å². The molecule has 5 rings (SSSR count). The Balaban J connectivity index is 1.95. The van der Waals surface area contributed by atoms with Crippen molar-refractivity contribution in [3.05, 3.63) is 71.8 Å². The summed E-state index contributed by atoms with van der Waals surface area (Å²) >= 11 is 1.93. The van der Waals surface area contributed by atoms with Crippen LogP contribution in [0.3, 0.4) is 0 Å². The quantitative estimate of drug-likeness (QED) is 0.376. The van der Waals surface area contributed by atoms with Crippen molar-refractivity contribution in [1.82, 2.24) is 4.57 Å². The van der Waals surface area contributed by atoms with Gasteiger partial charge in [0.15, 0.2) is 0 Å². The van der Waals surface area contributed by atoms with Crippen molar-refractivity contribution in [3.8, 4) is 0 Å². The number of para-hydroxylation sites is 1. The molecule has 2 heterocycles. The summed E-state index contributed by atoms with van der Waals surface area (Å²) < 4.78 is 2.32. The highest BCUT2D eigenvalue weighted by atomic mass is 32.2. The normalized spacial score (nSPS) is 15.5. The second kappa shape index (κ2) is 4.67. The van der Waals surface area contributed by atoms with E-state index in [9.17, 15) is 0 Å². The average Bonchev–Trinajstić information content (AvgIpc) is 2.89. The Morgan fingerprint density at radius 1 is 0.792 bits per heavy atom. The molecule has 0 unspecified atom stereocenters. The van der Waals surface area contributed by atoms with E-state index in [1.807, 2.05) is 11.8 Å². The highest BCUT2D eigenvalue weighted by molar-refractivity contribution is 7.99. The molecule has 3 aromatic carbocycles. The average molecular weight is 329 g/mol. The Hall–Kier alpha value is -2.19. The van der Waals surface area contributed by atoms with Gasteiger partial charge < -0.3 is 4.57 Å². The predicted octanol–water partition coefficient (Wildman–Crippen LogP) is 6.12. The van der Waals surface area contributed by atoms with Crippen molar-refractivity contribution in [2.75, 3.05) is 0 Å². The molecule has 118 valence electrons. The molecular weight excluding hydrogens is 310 g/mol. The van der Waals surface area contributed by atoms with E-state index >= 15 is 0 Å². The SMILES string of the molecule is Cn1c2ccccc2c2c3c(ccc21)C(C)(C)c1ccccc1S3. The molecule has 24 heavy (non-hydrogen) atoms. The van der Waals surface area contributed by atoms with E-state index in [4.69, 9.17) is 0 Å². The first kappa shape index (κ1) is 14.2. The summed E-state index contributed by atoms with van der Waals surface area (Å²) in [5.41, 5.74) is 5.52. The first-order chi connectivity index (χ1) is 11.6. The number of hydrogen-bond acceptors (Lipinski definition) is 1. The third-order valence-corrected chi connectivity index (χ3v) is 6.68. The zero-order chi connectivity index (χ0) is 16.5. The van der Waals surface area contributed by atoms with Crippen molar-refractivity contribution in [1.29, 1.82) is 0 Å².